The van der Waals surface area contributed by atoms with E-state index in [1.807, 2.05) is 69.3 Å². The SMILES string of the molecule is COC(=O)c1c2ccccc2c(NC(=O)OC(C)(C)C)c2ccccc12. The van der Waals surface area contributed by atoms with Crippen molar-refractivity contribution in [2.24, 2.45) is 0 Å². The maximum absolute atomic E-state index is 12.4. The number of ether oxygens (including phenoxy) is 2. The van der Waals surface area contributed by atoms with Crippen LogP contribution in [0.2, 0.25) is 0 Å². The van der Waals surface area contributed by atoms with Gasteiger partial charge in [-0.15, -0.1) is 0 Å². The highest BCUT2D eigenvalue weighted by atomic mass is 16.6. The van der Waals surface area contributed by atoms with Crippen molar-refractivity contribution in [1.29, 1.82) is 0 Å². The predicted molar refractivity (Wildman–Crippen MR) is 103 cm³/mol. The lowest BCUT2D eigenvalue weighted by molar-refractivity contribution is 0.0602. The Morgan fingerprint density at radius 2 is 1.31 bits per heavy atom. The van der Waals surface area contributed by atoms with Gasteiger partial charge in [-0.3, -0.25) is 5.32 Å². The third kappa shape index (κ3) is 3.33. The van der Waals surface area contributed by atoms with Crippen LogP contribution in [-0.2, 0) is 9.47 Å². The summed E-state index contributed by atoms with van der Waals surface area (Å²) < 4.78 is 10.4. The normalized spacial score (nSPS) is 11.4. The molecule has 0 spiro atoms. The standard InChI is InChI=1S/C21H21NO4/c1-21(2,3)26-20(24)22-18-15-11-7-5-9-13(15)17(19(23)25-4)14-10-6-8-12-16(14)18/h5-12H,1-4H3,(H,22,24). The first kappa shape index (κ1) is 17.7. The zero-order valence-electron chi connectivity index (χ0n) is 15.3. The fourth-order valence-electron chi connectivity index (χ4n) is 2.99. The monoisotopic (exact) mass is 351 g/mol. The molecule has 3 aromatic carbocycles. The van der Waals surface area contributed by atoms with Crippen LogP contribution in [0.1, 0.15) is 31.1 Å². The summed E-state index contributed by atoms with van der Waals surface area (Å²) in [6.07, 6.45) is -0.543. The second-order valence-corrected chi connectivity index (χ2v) is 6.96. The number of esters is 1. The first-order chi connectivity index (χ1) is 12.3. The predicted octanol–water partition coefficient (Wildman–Crippen LogP) is 5.13. The van der Waals surface area contributed by atoms with E-state index in [1.54, 1.807) is 0 Å². The van der Waals surface area contributed by atoms with E-state index in [0.717, 1.165) is 10.8 Å². The highest BCUT2D eigenvalue weighted by Crippen LogP contribution is 2.37. The molecular formula is C21H21NO4. The third-order valence-electron chi connectivity index (χ3n) is 3.95. The fourth-order valence-corrected chi connectivity index (χ4v) is 2.99. The van der Waals surface area contributed by atoms with Crippen molar-refractivity contribution < 1.29 is 19.1 Å². The van der Waals surface area contributed by atoms with E-state index in [-0.39, 0.29) is 0 Å². The molecule has 0 fully saturated rings. The molecule has 5 heteroatoms. The van der Waals surface area contributed by atoms with E-state index in [4.69, 9.17) is 9.47 Å². The summed E-state index contributed by atoms with van der Waals surface area (Å²) in [5.74, 6) is -0.416. The van der Waals surface area contributed by atoms with Crippen LogP contribution in [0.4, 0.5) is 10.5 Å². The Morgan fingerprint density at radius 3 is 1.73 bits per heavy atom. The average molecular weight is 351 g/mol. The van der Waals surface area contributed by atoms with Crippen LogP contribution < -0.4 is 5.32 Å². The summed E-state index contributed by atoms with van der Waals surface area (Å²) in [5.41, 5.74) is 0.480. The molecule has 0 aliphatic rings. The minimum absolute atomic E-state index is 0.416. The van der Waals surface area contributed by atoms with Crippen molar-refractivity contribution in [3.05, 3.63) is 54.1 Å². The van der Waals surface area contributed by atoms with Crippen LogP contribution in [0.5, 0.6) is 0 Å². The number of methoxy groups -OCH3 is 1. The summed E-state index contributed by atoms with van der Waals surface area (Å²) >= 11 is 0. The second kappa shape index (κ2) is 6.67. The molecule has 1 amide bonds. The van der Waals surface area contributed by atoms with Gasteiger partial charge >= 0.3 is 12.1 Å². The van der Waals surface area contributed by atoms with Gasteiger partial charge in [0.15, 0.2) is 0 Å². The van der Waals surface area contributed by atoms with E-state index < -0.39 is 17.7 Å². The van der Waals surface area contributed by atoms with Gasteiger partial charge in [-0.25, -0.2) is 9.59 Å². The number of rotatable bonds is 2. The van der Waals surface area contributed by atoms with Crippen LogP contribution in [0.15, 0.2) is 48.5 Å². The second-order valence-electron chi connectivity index (χ2n) is 6.96. The highest BCUT2D eigenvalue weighted by Gasteiger charge is 2.22. The molecule has 3 aromatic rings. The molecular weight excluding hydrogens is 330 g/mol. The van der Waals surface area contributed by atoms with E-state index >= 15 is 0 Å². The van der Waals surface area contributed by atoms with Gasteiger partial charge in [0.2, 0.25) is 0 Å². The topological polar surface area (TPSA) is 64.6 Å². The molecule has 0 atom stereocenters. The first-order valence-electron chi connectivity index (χ1n) is 8.33. The van der Waals surface area contributed by atoms with Crippen molar-refractivity contribution in [3.8, 4) is 0 Å². The number of benzene rings is 3. The van der Waals surface area contributed by atoms with Crippen molar-refractivity contribution in [2.75, 3.05) is 12.4 Å². The Labute approximate surface area is 151 Å². The number of hydrogen-bond acceptors (Lipinski definition) is 4. The summed E-state index contributed by atoms with van der Waals surface area (Å²) in [6, 6.07) is 14.8. The molecule has 0 heterocycles. The van der Waals surface area contributed by atoms with Crippen LogP contribution >= 0.6 is 0 Å². The molecule has 0 aromatic heterocycles. The quantitative estimate of drug-likeness (QED) is 0.514. The van der Waals surface area contributed by atoms with Gasteiger partial charge in [-0.1, -0.05) is 48.5 Å². The molecule has 5 nitrogen and oxygen atoms in total. The van der Waals surface area contributed by atoms with Gasteiger partial charge in [0.05, 0.1) is 18.4 Å². The summed E-state index contributed by atoms with van der Waals surface area (Å²) in [5, 5.41) is 5.77. The molecule has 0 radical (unpaired) electrons. The van der Waals surface area contributed by atoms with Crippen LogP contribution in [0.3, 0.4) is 0 Å². The van der Waals surface area contributed by atoms with Crippen molar-refractivity contribution >= 4 is 39.3 Å². The minimum Gasteiger partial charge on any atom is -0.465 e. The van der Waals surface area contributed by atoms with E-state index in [2.05, 4.69) is 5.32 Å². The van der Waals surface area contributed by atoms with E-state index in [0.29, 0.717) is 22.0 Å². The van der Waals surface area contributed by atoms with E-state index in [1.165, 1.54) is 7.11 Å². The lowest BCUT2D eigenvalue weighted by Crippen LogP contribution is -2.27. The summed E-state index contributed by atoms with van der Waals surface area (Å²) in [4.78, 5) is 24.8. The van der Waals surface area contributed by atoms with Gasteiger partial charge in [0.1, 0.15) is 5.60 Å². The maximum atomic E-state index is 12.4. The number of fused-ring (bicyclic) bond motifs is 2. The molecule has 1 N–H and O–H groups in total. The number of hydrogen-bond donors (Lipinski definition) is 1. The highest BCUT2D eigenvalue weighted by molar-refractivity contribution is 6.24. The number of carbonyl (C=O) groups is 2. The van der Waals surface area contributed by atoms with Crippen molar-refractivity contribution in [1.82, 2.24) is 0 Å². The first-order valence-corrected chi connectivity index (χ1v) is 8.33. The maximum Gasteiger partial charge on any atom is 0.412 e. The van der Waals surface area contributed by atoms with Gasteiger partial charge in [0, 0.05) is 10.8 Å². The zero-order chi connectivity index (χ0) is 18.9. The Bertz CT molecular complexity index is 945. The van der Waals surface area contributed by atoms with Gasteiger partial charge in [-0.05, 0) is 31.5 Å². The van der Waals surface area contributed by atoms with E-state index in [9.17, 15) is 9.59 Å². The van der Waals surface area contributed by atoms with Crippen molar-refractivity contribution in [2.45, 2.75) is 26.4 Å². The Hall–Kier alpha value is -3.08. The molecule has 0 aliphatic carbocycles. The largest absolute Gasteiger partial charge is 0.465 e. The lowest BCUT2D eigenvalue weighted by atomic mass is 9.94. The average Bonchev–Trinajstić information content (AvgIpc) is 2.59. The van der Waals surface area contributed by atoms with Crippen LogP contribution in [0.25, 0.3) is 21.5 Å². The molecule has 134 valence electrons. The van der Waals surface area contributed by atoms with Crippen LogP contribution in [0, 0.1) is 0 Å². The Kier molecular flexibility index (Phi) is 4.55. The Balaban J connectivity index is 2.28. The Morgan fingerprint density at radius 1 is 0.846 bits per heavy atom. The summed E-state index contributed by atoms with van der Waals surface area (Å²) in [6.45, 7) is 5.43. The van der Waals surface area contributed by atoms with Gasteiger partial charge < -0.3 is 9.47 Å². The number of nitrogens with one attached hydrogen (secondary N) is 1. The van der Waals surface area contributed by atoms with Gasteiger partial charge in [0.25, 0.3) is 0 Å². The molecule has 0 saturated heterocycles. The molecule has 0 bridgehead atoms. The smallest absolute Gasteiger partial charge is 0.412 e. The third-order valence-corrected chi connectivity index (χ3v) is 3.95. The van der Waals surface area contributed by atoms with Gasteiger partial charge in [-0.2, -0.15) is 0 Å². The van der Waals surface area contributed by atoms with Crippen LogP contribution in [-0.4, -0.2) is 24.8 Å². The number of amides is 1. The molecule has 26 heavy (non-hydrogen) atoms. The minimum atomic E-state index is -0.609. The fraction of sp³-hybridized carbons (Fsp3) is 0.238. The number of anilines is 1. The molecule has 0 saturated carbocycles. The zero-order valence-corrected chi connectivity index (χ0v) is 15.3. The number of carbonyl (C=O) groups excluding carboxylic acids is 2. The molecule has 0 unspecified atom stereocenters. The molecule has 3 rings (SSSR count). The lowest BCUT2D eigenvalue weighted by Gasteiger charge is -2.21. The summed E-state index contributed by atoms with van der Waals surface area (Å²) in [7, 11) is 1.36. The molecule has 0 aliphatic heterocycles. The van der Waals surface area contributed by atoms with Crippen molar-refractivity contribution in [3.63, 3.8) is 0 Å².